The number of carboxylic acids is 1. The van der Waals surface area contributed by atoms with Crippen LogP contribution in [-0.4, -0.2) is 34.1 Å². The molecule has 0 bridgehead atoms. The molecule has 0 aliphatic carbocycles. The third-order valence-electron chi connectivity index (χ3n) is 2.18. The van der Waals surface area contributed by atoms with Crippen molar-refractivity contribution < 1.29 is 45.4 Å². The number of carbonyl (C=O) groups is 1. The van der Waals surface area contributed by atoms with Crippen LogP contribution in [0.4, 0.5) is 30.7 Å². The zero-order valence-electron chi connectivity index (χ0n) is 10.2. The van der Waals surface area contributed by atoms with E-state index in [9.17, 15) is 35.5 Å². The van der Waals surface area contributed by atoms with Crippen LogP contribution in [0.3, 0.4) is 0 Å². The van der Waals surface area contributed by atoms with Gasteiger partial charge < -0.3 is 9.84 Å². The largest absolute Gasteiger partial charge is 0.478 e. The molecule has 0 amide bonds. The van der Waals surface area contributed by atoms with Gasteiger partial charge in [0.25, 0.3) is 0 Å². The minimum atomic E-state index is -6.62. The quantitative estimate of drug-likeness (QED) is 0.510. The first-order valence-corrected chi connectivity index (χ1v) is 5.25. The molecule has 0 fully saturated rings. The number of pyridine rings is 1. The summed E-state index contributed by atoms with van der Waals surface area (Å²) in [6.07, 6.45) is -5.34. The van der Waals surface area contributed by atoms with Crippen LogP contribution in [0.25, 0.3) is 0 Å². The van der Waals surface area contributed by atoms with Crippen molar-refractivity contribution in [1.29, 1.82) is 0 Å². The number of nitrogens with zero attached hydrogens (tertiary/aromatic N) is 1. The summed E-state index contributed by atoms with van der Waals surface area (Å²) in [5, 5.41) is 8.36. The van der Waals surface area contributed by atoms with Gasteiger partial charge in [-0.3, -0.25) is 4.98 Å². The molecule has 0 saturated carbocycles. The predicted molar refractivity (Wildman–Crippen MR) is 56.5 cm³/mol. The fourth-order valence-electron chi connectivity index (χ4n) is 1.16. The van der Waals surface area contributed by atoms with Gasteiger partial charge in [-0.05, 0) is 12.1 Å². The van der Waals surface area contributed by atoms with Crippen LogP contribution in [0, 0.1) is 0 Å². The Labute approximate surface area is 117 Å². The van der Waals surface area contributed by atoms with Gasteiger partial charge >= 0.3 is 24.0 Å². The molecular formula is C11H6F7NO3. The van der Waals surface area contributed by atoms with E-state index >= 15 is 0 Å². The van der Waals surface area contributed by atoms with Crippen LogP contribution in [0.5, 0.6) is 5.75 Å². The van der Waals surface area contributed by atoms with E-state index in [1.165, 1.54) is 0 Å². The van der Waals surface area contributed by atoms with E-state index in [-0.39, 0.29) is 0 Å². The molecule has 0 unspecified atom stereocenters. The predicted octanol–water partition coefficient (Wildman–Crippen LogP) is 3.26. The van der Waals surface area contributed by atoms with Crippen molar-refractivity contribution >= 4 is 5.97 Å². The number of hydrogen-bond donors (Lipinski definition) is 1. The number of rotatable bonds is 5. The Morgan fingerprint density at radius 3 is 2.18 bits per heavy atom. The second kappa shape index (κ2) is 5.81. The van der Waals surface area contributed by atoms with E-state index in [4.69, 9.17) is 5.11 Å². The zero-order chi connectivity index (χ0) is 17.2. The maximum atomic E-state index is 13.5. The third-order valence-corrected chi connectivity index (χ3v) is 2.18. The summed E-state index contributed by atoms with van der Waals surface area (Å²) in [6, 6.07) is 2.01. The fourth-order valence-corrected chi connectivity index (χ4v) is 1.16. The molecule has 1 rings (SSSR count). The molecule has 0 aromatic carbocycles. The topological polar surface area (TPSA) is 59.4 Å². The lowest BCUT2D eigenvalue weighted by atomic mass is 10.1. The normalized spacial score (nSPS) is 13.9. The van der Waals surface area contributed by atoms with Crippen molar-refractivity contribution in [3.63, 3.8) is 0 Å². The molecule has 1 aromatic rings. The van der Waals surface area contributed by atoms with Crippen LogP contribution in [0.15, 0.2) is 36.4 Å². The number of ether oxygens (including phenoxy) is 1. The van der Waals surface area contributed by atoms with Gasteiger partial charge in [-0.2, -0.15) is 30.7 Å². The molecular weight excluding hydrogens is 327 g/mol. The summed E-state index contributed by atoms with van der Waals surface area (Å²) in [6.45, 7) is 0. The summed E-state index contributed by atoms with van der Waals surface area (Å²) in [5.41, 5.74) is 0. The summed E-state index contributed by atoms with van der Waals surface area (Å²) in [5.74, 6) is -17.7. The molecule has 0 saturated heterocycles. The second-order valence-corrected chi connectivity index (χ2v) is 3.78. The molecule has 1 aromatic heterocycles. The first-order chi connectivity index (χ1) is 9.89. The smallest absolute Gasteiger partial charge is 0.460 e. The average Bonchev–Trinajstić information content (AvgIpc) is 2.37. The highest BCUT2D eigenvalue weighted by Crippen LogP contribution is 2.49. The number of halogens is 7. The lowest BCUT2D eigenvalue weighted by molar-refractivity contribution is -0.348. The van der Waals surface area contributed by atoms with Crippen LogP contribution in [0.2, 0.25) is 0 Å². The van der Waals surface area contributed by atoms with Crippen molar-refractivity contribution in [2.45, 2.75) is 18.0 Å². The van der Waals surface area contributed by atoms with Gasteiger partial charge in [0.05, 0.1) is 12.3 Å². The highest BCUT2D eigenvalue weighted by atomic mass is 19.4. The second-order valence-electron chi connectivity index (χ2n) is 3.78. The molecule has 1 heterocycles. The van der Waals surface area contributed by atoms with E-state index in [0.29, 0.717) is 0 Å². The van der Waals surface area contributed by atoms with Crippen LogP contribution in [-0.2, 0) is 4.79 Å². The third kappa shape index (κ3) is 3.46. The van der Waals surface area contributed by atoms with E-state index in [1.54, 1.807) is 0 Å². The Morgan fingerprint density at radius 1 is 1.18 bits per heavy atom. The summed E-state index contributed by atoms with van der Waals surface area (Å²) in [7, 11) is 0. The number of allylic oxidation sites excluding steroid dienone is 1. The number of aliphatic carboxylic acids is 1. The monoisotopic (exact) mass is 333 g/mol. The number of aromatic nitrogens is 1. The minimum Gasteiger partial charge on any atom is -0.478 e. The number of alkyl halides is 7. The van der Waals surface area contributed by atoms with E-state index < -0.39 is 41.6 Å². The minimum absolute atomic E-state index is 0.577. The van der Waals surface area contributed by atoms with Crippen molar-refractivity contribution in [3.8, 4) is 5.75 Å². The van der Waals surface area contributed by atoms with Gasteiger partial charge in [-0.15, -0.1) is 0 Å². The molecule has 122 valence electrons. The van der Waals surface area contributed by atoms with Gasteiger partial charge in [0.15, 0.2) is 5.76 Å². The van der Waals surface area contributed by atoms with Gasteiger partial charge in [0.2, 0.25) is 0 Å². The van der Waals surface area contributed by atoms with Crippen molar-refractivity contribution in [2.75, 3.05) is 0 Å². The average molecular weight is 333 g/mol. The molecule has 0 radical (unpaired) electrons. The summed E-state index contributed by atoms with van der Waals surface area (Å²) in [4.78, 5) is 13.7. The van der Waals surface area contributed by atoms with E-state index in [2.05, 4.69) is 9.72 Å². The SMILES string of the molecule is O=C(O)/C=C(/Oc1cccnc1)C(F)(F)C(F)(F)C(F)(F)F. The molecule has 0 aliphatic rings. The maximum absolute atomic E-state index is 13.5. The Hall–Kier alpha value is -2.33. The molecule has 0 aliphatic heterocycles. The van der Waals surface area contributed by atoms with Crippen molar-refractivity contribution in [3.05, 3.63) is 36.4 Å². The van der Waals surface area contributed by atoms with Crippen LogP contribution in [0.1, 0.15) is 0 Å². The first kappa shape index (κ1) is 17.7. The molecule has 4 nitrogen and oxygen atoms in total. The molecule has 22 heavy (non-hydrogen) atoms. The number of hydrogen-bond acceptors (Lipinski definition) is 3. The molecule has 0 spiro atoms. The standard InChI is InChI=1S/C11H6F7NO3/c12-9(13,10(14,15)11(16,17)18)7(4-8(20)21)22-6-2-1-3-19-5-6/h1-5H,(H,20,21)/b7-4+. The van der Waals surface area contributed by atoms with Crippen molar-refractivity contribution in [2.24, 2.45) is 0 Å². The van der Waals surface area contributed by atoms with Gasteiger partial charge in [-0.1, -0.05) is 0 Å². The number of carboxylic acid groups (broad SMARTS) is 1. The zero-order valence-corrected chi connectivity index (χ0v) is 10.2. The Balaban J connectivity index is 3.30. The summed E-state index contributed by atoms with van der Waals surface area (Å²) >= 11 is 0. The molecule has 0 atom stereocenters. The lowest BCUT2D eigenvalue weighted by Crippen LogP contribution is -2.53. The molecule has 11 heteroatoms. The highest BCUT2D eigenvalue weighted by Gasteiger charge is 2.75. The highest BCUT2D eigenvalue weighted by molar-refractivity contribution is 5.80. The summed E-state index contributed by atoms with van der Waals surface area (Å²) < 4.78 is 93.2. The lowest BCUT2D eigenvalue weighted by Gasteiger charge is -2.29. The van der Waals surface area contributed by atoms with Gasteiger partial charge in [0, 0.05) is 6.20 Å². The van der Waals surface area contributed by atoms with Gasteiger partial charge in [-0.25, -0.2) is 4.79 Å². The fraction of sp³-hybridized carbons (Fsp3) is 0.273. The Kier molecular flexibility index (Phi) is 4.68. The first-order valence-electron chi connectivity index (χ1n) is 5.25. The maximum Gasteiger partial charge on any atom is 0.460 e. The Morgan fingerprint density at radius 2 is 1.77 bits per heavy atom. The van der Waals surface area contributed by atoms with E-state index in [0.717, 1.165) is 24.5 Å². The Bertz CT molecular complexity index is 569. The van der Waals surface area contributed by atoms with E-state index in [1.807, 2.05) is 0 Å². The van der Waals surface area contributed by atoms with Crippen molar-refractivity contribution in [1.82, 2.24) is 4.98 Å². The molecule has 1 N–H and O–H groups in total. The van der Waals surface area contributed by atoms with Crippen LogP contribution >= 0.6 is 0 Å². The van der Waals surface area contributed by atoms with Crippen LogP contribution < -0.4 is 4.74 Å². The van der Waals surface area contributed by atoms with Gasteiger partial charge in [0.1, 0.15) is 5.75 Å².